The van der Waals surface area contributed by atoms with E-state index < -0.39 is 21.7 Å². The second-order valence-electron chi connectivity index (χ2n) is 5.04. The number of ether oxygens (including phenoxy) is 1. The van der Waals surface area contributed by atoms with Gasteiger partial charge in [-0.15, -0.1) is 11.3 Å². The van der Waals surface area contributed by atoms with Crippen molar-refractivity contribution in [1.29, 1.82) is 0 Å². The van der Waals surface area contributed by atoms with Gasteiger partial charge in [-0.2, -0.15) is 0 Å². The van der Waals surface area contributed by atoms with Crippen molar-refractivity contribution < 1.29 is 26.7 Å². The number of fused-ring (bicyclic) bond motifs is 1. The monoisotopic (exact) mass is 359 g/mol. The minimum absolute atomic E-state index is 0.0896. The van der Waals surface area contributed by atoms with E-state index in [1.165, 1.54) is 0 Å². The first-order valence-corrected chi connectivity index (χ1v) is 9.25. The highest BCUT2D eigenvalue weighted by atomic mass is 32.2. The molecule has 0 unspecified atom stereocenters. The minimum Gasteiger partial charge on any atom is -0.451 e. The predicted octanol–water partition coefficient (Wildman–Crippen LogP) is 3.32. The van der Waals surface area contributed by atoms with Crippen LogP contribution in [0.3, 0.4) is 0 Å². The van der Waals surface area contributed by atoms with Crippen LogP contribution in [0.2, 0.25) is 0 Å². The van der Waals surface area contributed by atoms with Gasteiger partial charge in [0.1, 0.15) is 10.8 Å². The third-order valence-corrected chi connectivity index (χ3v) is 5.07. The molecule has 1 aliphatic rings. The highest BCUT2D eigenvalue weighted by Gasteiger charge is 2.31. The third-order valence-electron chi connectivity index (χ3n) is 3.20. The summed E-state index contributed by atoms with van der Waals surface area (Å²) >= 11 is 0.951. The molecule has 0 aliphatic heterocycles. The summed E-state index contributed by atoms with van der Waals surface area (Å²) < 4.78 is 57.4. The van der Waals surface area contributed by atoms with Gasteiger partial charge in [0.15, 0.2) is 23.1 Å². The predicted molar refractivity (Wildman–Crippen MR) is 81.9 cm³/mol. The summed E-state index contributed by atoms with van der Waals surface area (Å²) in [5.41, 5.74) is 0.537. The molecule has 1 N–H and O–H groups in total. The highest BCUT2D eigenvalue weighted by Crippen LogP contribution is 2.47. The largest absolute Gasteiger partial charge is 0.451 e. The number of Topliss-reactive ketones (excluding diaryl/α,β-unsaturated/α-hetero) is 1. The Morgan fingerprint density at radius 1 is 1.26 bits per heavy atom. The lowest BCUT2D eigenvalue weighted by atomic mass is 10.2. The fourth-order valence-corrected chi connectivity index (χ4v) is 4.31. The zero-order valence-corrected chi connectivity index (χ0v) is 13.5. The number of hydrogen-bond donors (Lipinski definition) is 1. The number of carbonyl (C=O) groups is 1. The standard InChI is InChI=1S/C14H11F2NO4S2/c1-23(19,20)17-14-12(8-3-4-10(18)13(8)22-14)21-11-5-2-7(15)6-9(11)16/h2,5-6,17H,3-4H2,1H3. The molecule has 0 atom stereocenters. The second-order valence-corrected chi connectivity index (χ2v) is 7.81. The number of rotatable bonds is 4. The molecule has 2 aromatic rings. The van der Waals surface area contributed by atoms with Gasteiger partial charge in [-0.25, -0.2) is 17.2 Å². The molecule has 1 aromatic carbocycles. The number of halogens is 2. The maximum Gasteiger partial charge on any atom is 0.230 e. The molecular formula is C14H11F2NO4S2. The summed E-state index contributed by atoms with van der Waals surface area (Å²) in [6.45, 7) is 0. The van der Waals surface area contributed by atoms with Crippen LogP contribution in [0.15, 0.2) is 18.2 Å². The Labute approximate surface area is 134 Å². The van der Waals surface area contributed by atoms with Crippen LogP contribution >= 0.6 is 11.3 Å². The average molecular weight is 359 g/mol. The van der Waals surface area contributed by atoms with Crippen LogP contribution in [0.1, 0.15) is 21.7 Å². The van der Waals surface area contributed by atoms with Crippen LogP contribution in [0.25, 0.3) is 0 Å². The lowest BCUT2D eigenvalue weighted by Gasteiger charge is -2.10. The van der Waals surface area contributed by atoms with Crippen molar-refractivity contribution in [3.63, 3.8) is 0 Å². The number of sulfonamides is 1. The Morgan fingerprint density at radius 2 is 2.00 bits per heavy atom. The van der Waals surface area contributed by atoms with Crippen molar-refractivity contribution in [2.45, 2.75) is 12.8 Å². The van der Waals surface area contributed by atoms with E-state index in [9.17, 15) is 22.0 Å². The van der Waals surface area contributed by atoms with Gasteiger partial charge >= 0.3 is 0 Å². The molecule has 23 heavy (non-hydrogen) atoms. The molecule has 0 bridgehead atoms. The number of nitrogens with one attached hydrogen (secondary N) is 1. The van der Waals surface area contributed by atoms with E-state index in [2.05, 4.69) is 4.72 Å². The van der Waals surface area contributed by atoms with Crippen LogP contribution in [-0.4, -0.2) is 20.5 Å². The first kappa shape index (κ1) is 15.9. The smallest absolute Gasteiger partial charge is 0.230 e. The summed E-state index contributed by atoms with van der Waals surface area (Å²) in [7, 11) is -3.60. The first-order valence-electron chi connectivity index (χ1n) is 6.54. The van der Waals surface area contributed by atoms with Gasteiger partial charge < -0.3 is 4.74 Å². The molecule has 1 aliphatic carbocycles. The average Bonchev–Trinajstić information content (AvgIpc) is 2.93. The van der Waals surface area contributed by atoms with E-state index in [4.69, 9.17) is 4.74 Å². The van der Waals surface area contributed by atoms with Gasteiger partial charge in [0.05, 0.1) is 11.1 Å². The van der Waals surface area contributed by atoms with Crippen molar-refractivity contribution in [1.82, 2.24) is 0 Å². The fourth-order valence-electron chi connectivity index (χ4n) is 2.27. The van der Waals surface area contributed by atoms with Gasteiger partial charge in [0, 0.05) is 18.1 Å². The summed E-state index contributed by atoms with van der Waals surface area (Å²) in [5, 5.41) is 0.106. The number of benzene rings is 1. The van der Waals surface area contributed by atoms with E-state index in [0.717, 1.165) is 29.7 Å². The molecule has 3 rings (SSSR count). The second kappa shape index (κ2) is 5.57. The molecule has 0 amide bonds. The SMILES string of the molecule is CS(=O)(=O)Nc1sc2c(c1Oc1ccc(F)cc1F)CCC2=O. The van der Waals surface area contributed by atoms with Crippen LogP contribution in [0.4, 0.5) is 13.8 Å². The molecule has 1 heterocycles. The van der Waals surface area contributed by atoms with Crippen LogP contribution in [0.5, 0.6) is 11.5 Å². The third kappa shape index (κ3) is 3.20. The summed E-state index contributed by atoms with van der Waals surface area (Å²) in [6, 6.07) is 2.80. The quantitative estimate of drug-likeness (QED) is 0.909. The molecule has 0 saturated heterocycles. The van der Waals surface area contributed by atoms with Crippen molar-refractivity contribution in [2.24, 2.45) is 0 Å². The molecule has 1 aromatic heterocycles. The number of carbonyl (C=O) groups excluding carboxylic acids is 1. The number of ketones is 1. The van der Waals surface area contributed by atoms with E-state index in [1.54, 1.807) is 0 Å². The van der Waals surface area contributed by atoms with E-state index in [-0.39, 0.29) is 22.3 Å². The van der Waals surface area contributed by atoms with Crippen molar-refractivity contribution in [3.05, 3.63) is 40.3 Å². The Kier molecular flexibility index (Phi) is 3.85. The van der Waals surface area contributed by atoms with E-state index in [1.807, 2.05) is 0 Å². The topological polar surface area (TPSA) is 72.5 Å². The number of anilines is 1. The van der Waals surface area contributed by atoms with Gasteiger partial charge in [0.25, 0.3) is 0 Å². The molecular weight excluding hydrogens is 348 g/mol. The molecule has 5 nitrogen and oxygen atoms in total. The molecule has 122 valence electrons. The van der Waals surface area contributed by atoms with Gasteiger partial charge in [-0.05, 0) is 18.6 Å². The highest BCUT2D eigenvalue weighted by molar-refractivity contribution is 7.92. The molecule has 0 fully saturated rings. The zero-order valence-electron chi connectivity index (χ0n) is 11.9. The van der Waals surface area contributed by atoms with Crippen molar-refractivity contribution >= 4 is 32.1 Å². The maximum atomic E-state index is 13.8. The van der Waals surface area contributed by atoms with E-state index >= 15 is 0 Å². The molecule has 0 saturated carbocycles. The van der Waals surface area contributed by atoms with Crippen LogP contribution in [0, 0.1) is 11.6 Å². The Bertz CT molecular complexity index is 906. The van der Waals surface area contributed by atoms with Crippen molar-refractivity contribution in [2.75, 3.05) is 11.0 Å². The Hall–Kier alpha value is -2.00. The van der Waals surface area contributed by atoms with Crippen LogP contribution < -0.4 is 9.46 Å². The first-order chi connectivity index (χ1) is 10.7. The lowest BCUT2D eigenvalue weighted by molar-refractivity contribution is 0.0998. The summed E-state index contributed by atoms with van der Waals surface area (Å²) in [6.07, 6.45) is 1.64. The molecule has 0 radical (unpaired) electrons. The number of thiophene rings is 1. The fraction of sp³-hybridized carbons (Fsp3) is 0.214. The van der Waals surface area contributed by atoms with Crippen LogP contribution in [-0.2, 0) is 16.4 Å². The van der Waals surface area contributed by atoms with E-state index in [0.29, 0.717) is 29.3 Å². The zero-order chi connectivity index (χ0) is 16.8. The number of hydrogen-bond acceptors (Lipinski definition) is 5. The normalized spacial score (nSPS) is 14.0. The summed E-state index contributed by atoms with van der Waals surface area (Å²) in [4.78, 5) is 12.2. The van der Waals surface area contributed by atoms with Gasteiger partial charge in [0.2, 0.25) is 10.0 Å². The summed E-state index contributed by atoms with van der Waals surface area (Å²) in [5.74, 6) is -1.94. The molecule has 9 heteroatoms. The lowest BCUT2D eigenvalue weighted by Crippen LogP contribution is -2.09. The van der Waals surface area contributed by atoms with Gasteiger partial charge in [-0.1, -0.05) is 0 Å². The molecule has 0 spiro atoms. The maximum absolute atomic E-state index is 13.8. The Morgan fingerprint density at radius 3 is 2.65 bits per heavy atom. The van der Waals surface area contributed by atoms with Crippen molar-refractivity contribution in [3.8, 4) is 11.5 Å². The minimum atomic E-state index is -3.60. The van der Waals surface area contributed by atoms with Gasteiger partial charge in [-0.3, -0.25) is 9.52 Å². The Balaban J connectivity index is 2.06.